The van der Waals surface area contributed by atoms with Gasteiger partial charge in [0.1, 0.15) is 5.75 Å². The number of benzene rings is 2. The highest BCUT2D eigenvalue weighted by molar-refractivity contribution is 5.59. The quantitative estimate of drug-likeness (QED) is 0.121. The molecule has 43 heavy (non-hydrogen) atoms. The lowest BCUT2D eigenvalue weighted by Crippen LogP contribution is -2.41. The minimum atomic E-state index is -0.723. The lowest BCUT2D eigenvalue weighted by Gasteiger charge is -2.31. The molecule has 0 saturated carbocycles. The molecule has 0 fully saturated rings. The first-order valence-corrected chi connectivity index (χ1v) is 16.9. The Hall–Kier alpha value is -2.12. The van der Waals surface area contributed by atoms with Gasteiger partial charge in [0.05, 0.1) is 25.4 Å². The third-order valence-electron chi connectivity index (χ3n) is 8.72. The van der Waals surface area contributed by atoms with Crippen LogP contribution >= 0.6 is 0 Å². The molecular weight excluding hydrogens is 538 g/mol. The lowest BCUT2D eigenvalue weighted by atomic mass is 9.90. The summed E-state index contributed by atoms with van der Waals surface area (Å²) in [5.74, 6) is 1.27. The van der Waals surface area contributed by atoms with Gasteiger partial charge in [-0.2, -0.15) is 0 Å². The minimum absolute atomic E-state index is 0.0218. The maximum Gasteiger partial charge on any atom is 0.122 e. The van der Waals surface area contributed by atoms with Crippen molar-refractivity contribution in [1.29, 1.82) is 0 Å². The van der Waals surface area contributed by atoms with Gasteiger partial charge in [-0.05, 0) is 54.9 Å². The van der Waals surface area contributed by atoms with E-state index < -0.39 is 12.2 Å². The molecule has 0 saturated heterocycles. The van der Waals surface area contributed by atoms with Gasteiger partial charge >= 0.3 is 0 Å². The first kappa shape index (κ1) is 37.1. The molecule has 0 amide bonds. The summed E-state index contributed by atoms with van der Waals surface area (Å²) in [6, 6.07) is 14.1. The van der Waals surface area contributed by atoms with Crippen molar-refractivity contribution in [3.05, 3.63) is 59.2 Å². The van der Waals surface area contributed by atoms with Gasteiger partial charge in [-0.15, -0.1) is 0 Å². The molecule has 2 rings (SSSR count). The fourth-order valence-corrected chi connectivity index (χ4v) is 5.66. The van der Waals surface area contributed by atoms with Crippen LogP contribution in [-0.2, 0) is 9.47 Å². The van der Waals surface area contributed by atoms with E-state index in [1.54, 1.807) is 0 Å². The lowest BCUT2D eigenvalue weighted by molar-refractivity contribution is 0.0133. The van der Waals surface area contributed by atoms with Crippen LogP contribution in [0.5, 0.6) is 5.75 Å². The summed E-state index contributed by atoms with van der Waals surface area (Å²) < 4.78 is 12.0. The third kappa shape index (κ3) is 13.2. The van der Waals surface area contributed by atoms with Crippen LogP contribution in [0.3, 0.4) is 0 Å². The molecular formula is C37H61NO5. The number of nitrogens with zero attached hydrogens (tertiary/aromatic N) is 1. The summed E-state index contributed by atoms with van der Waals surface area (Å²) in [5.41, 5.74) is 3.56. The Morgan fingerprint density at radius 2 is 1.26 bits per heavy atom. The number of phenols is 1. The normalized spacial score (nSPS) is 15.2. The second-order valence-electron chi connectivity index (χ2n) is 12.5. The molecule has 2 aromatic carbocycles. The largest absolute Gasteiger partial charge is 0.507 e. The van der Waals surface area contributed by atoms with E-state index in [0.717, 1.165) is 48.1 Å². The molecule has 0 aromatic heterocycles. The summed E-state index contributed by atoms with van der Waals surface area (Å²) >= 11 is 0. The van der Waals surface area contributed by atoms with Crippen LogP contribution < -0.4 is 4.90 Å². The Morgan fingerprint density at radius 3 is 1.72 bits per heavy atom. The van der Waals surface area contributed by atoms with Crippen LogP contribution in [0.1, 0.15) is 109 Å². The van der Waals surface area contributed by atoms with Crippen molar-refractivity contribution >= 4 is 5.69 Å². The zero-order valence-corrected chi connectivity index (χ0v) is 27.9. The molecule has 6 nitrogen and oxygen atoms in total. The number of aryl methyl sites for hydroxylation is 1. The average Bonchev–Trinajstić information content (AvgIpc) is 3.01. The molecule has 0 spiro atoms. The Balaban J connectivity index is 2.19. The van der Waals surface area contributed by atoms with E-state index in [2.05, 4.69) is 46.8 Å². The Kier molecular flexibility index (Phi) is 17.9. The summed E-state index contributed by atoms with van der Waals surface area (Å²) in [5, 5.41) is 33.2. The number of unbranched alkanes of at least 4 members (excludes halogenated alkanes) is 2. The van der Waals surface area contributed by atoms with Crippen molar-refractivity contribution in [1.82, 2.24) is 0 Å². The molecule has 0 heterocycles. The van der Waals surface area contributed by atoms with E-state index in [0.29, 0.717) is 38.1 Å². The Morgan fingerprint density at radius 1 is 0.744 bits per heavy atom. The van der Waals surface area contributed by atoms with E-state index in [4.69, 9.17) is 9.47 Å². The molecule has 2 aromatic rings. The van der Waals surface area contributed by atoms with E-state index in [-0.39, 0.29) is 24.9 Å². The van der Waals surface area contributed by atoms with E-state index in [1.165, 1.54) is 25.7 Å². The Labute approximate surface area is 262 Å². The molecule has 6 heteroatoms. The van der Waals surface area contributed by atoms with Crippen molar-refractivity contribution in [2.75, 3.05) is 44.4 Å². The van der Waals surface area contributed by atoms with Crippen LogP contribution in [-0.4, -0.2) is 67.0 Å². The molecule has 0 aliphatic carbocycles. The Bertz CT molecular complexity index is 970. The molecule has 0 bridgehead atoms. The van der Waals surface area contributed by atoms with Crippen molar-refractivity contribution in [3.8, 4) is 5.75 Å². The highest BCUT2D eigenvalue weighted by atomic mass is 16.5. The zero-order valence-electron chi connectivity index (χ0n) is 27.9. The number of aliphatic hydroxyl groups is 2. The fourth-order valence-electron chi connectivity index (χ4n) is 5.66. The molecule has 5 unspecified atom stereocenters. The molecule has 0 aliphatic rings. The van der Waals surface area contributed by atoms with Gasteiger partial charge in [-0.25, -0.2) is 0 Å². The van der Waals surface area contributed by atoms with Gasteiger partial charge in [-0.3, -0.25) is 0 Å². The highest BCUT2D eigenvalue weighted by Crippen LogP contribution is 2.37. The van der Waals surface area contributed by atoms with E-state index in [9.17, 15) is 15.3 Å². The molecule has 5 atom stereocenters. The summed E-state index contributed by atoms with van der Waals surface area (Å²) in [7, 11) is 0. The number of rotatable bonds is 23. The van der Waals surface area contributed by atoms with Crippen molar-refractivity contribution < 1.29 is 24.8 Å². The standard InChI is InChI=1S/C37H61NO5/c1-7-11-16-30(9-3)24-42-26-34(39)22-38(23-35(40)27-43-25-31(10-4)17-12-8-2)33-20-28(5)37(41)36(21-33)29(6)32-18-14-13-15-19-32/h13-15,18-21,29-31,34-35,39-41H,7-12,16-17,22-27H2,1-6H3. The fraction of sp³-hybridized carbons (Fsp3) is 0.676. The molecule has 0 aliphatic heterocycles. The molecule has 0 radical (unpaired) electrons. The molecule has 244 valence electrons. The van der Waals surface area contributed by atoms with Gasteiger partial charge in [-0.1, -0.05) is 103 Å². The second-order valence-corrected chi connectivity index (χ2v) is 12.5. The number of anilines is 1. The van der Waals surface area contributed by atoms with Gasteiger partial charge in [0.25, 0.3) is 0 Å². The third-order valence-corrected chi connectivity index (χ3v) is 8.72. The van der Waals surface area contributed by atoms with Crippen LogP contribution in [0.2, 0.25) is 0 Å². The van der Waals surface area contributed by atoms with Crippen LogP contribution in [0.25, 0.3) is 0 Å². The topological polar surface area (TPSA) is 82.4 Å². The predicted octanol–water partition coefficient (Wildman–Crippen LogP) is 7.85. The average molecular weight is 600 g/mol. The summed E-state index contributed by atoms with van der Waals surface area (Å²) in [6.45, 7) is 15.2. The maximum atomic E-state index is 11.1. The van der Waals surface area contributed by atoms with E-state index in [1.807, 2.05) is 42.2 Å². The number of phenolic OH excluding ortho intramolecular Hbond substituents is 1. The maximum absolute atomic E-state index is 11.1. The van der Waals surface area contributed by atoms with Crippen LogP contribution in [0.4, 0.5) is 5.69 Å². The number of hydrogen-bond donors (Lipinski definition) is 3. The monoisotopic (exact) mass is 599 g/mol. The number of aliphatic hydroxyl groups excluding tert-OH is 2. The van der Waals surface area contributed by atoms with Crippen molar-refractivity contribution in [2.24, 2.45) is 11.8 Å². The predicted molar refractivity (Wildman–Crippen MR) is 179 cm³/mol. The zero-order chi connectivity index (χ0) is 31.6. The van der Waals surface area contributed by atoms with Gasteiger partial charge in [0.15, 0.2) is 0 Å². The molecule has 3 N–H and O–H groups in total. The van der Waals surface area contributed by atoms with Crippen LogP contribution in [0.15, 0.2) is 42.5 Å². The van der Waals surface area contributed by atoms with Gasteiger partial charge < -0.3 is 29.7 Å². The second kappa shape index (κ2) is 20.8. The summed E-state index contributed by atoms with van der Waals surface area (Å²) in [6.07, 6.45) is 7.73. The van der Waals surface area contributed by atoms with Crippen LogP contribution in [0, 0.1) is 18.8 Å². The number of aromatic hydroxyl groups is 1. The number of hydrogen-bond acceptors (Lipinski definition) is 6. The van der Waals surface area contributed by atoms with Crippen molar-refractivity contribution in [3.63, 3.8) is 0 Å². The van der Waals surface area contributed by atoms with Gasteiger partial charge in [0.2, 0.25) is 0 Å². The highest BCUT2D eigenvalue weighted by Gasteiger charge is 2.22. The minimum Gasteiger partial charge on any atom is -0.507 e. The van der Waals surface area contributed by atoms with Gasteiger partial charge in [0, 0.05) is 43.5 Å². The SMILES string of the molecule is CCCCC(CC)COCC(O)CN(CC(O)COCC(CC)CCCC)c1cc(C)c(O)c(C(C)c2ccccc2)c1. The van der Waals surface area contributed by atoms with Crippen molar-refractivity contribution in [2.45, 2.75) is 111 Å². The number of ether oxygens (including phenoxy) is 2. The first-order chi connectivity index (χ1) is 20.7. The summed E-state index contributed by atoms with van der Waals surface area (Å²) in [4.78, 5) is 2.01. The first-order valence-electron chi connectivity index (χ1n) is 16.9. The smallest absolute Gasteiger partial charge is 0.122 e. The van der Waals surface area contributed by atoms with E-state index >= 15 is 0 Å².